The lowest BCUT2D eigenvalue weighted by Crippen LogP contribution is -2.15. The van der Waals surface area contributed by atoms with Crippen LogP contribution in [0.3, 0.4) is 0 Å². The van der Waals surface area contributed by atoms with Crippen LogP contribution in [0, 0.1) is 6.92 Å². The maximum atomic E-state index is 5.67. The number of nitrogens with two attached hydrogens (primary N) is 1. The number of nitrogens with zero attached hydrogens (tertiary/aromatic N) is 2. The fraction of sp³-hybridized carbons (Fsp3) is 0.667. The fourth-order valence-corrected chi connectivity index (χ4v) is 1.28. The Labute approximate surface area is 73.6 Å². The minimum absolute atomic E-state index is 0.282. The first-order valence-corrected chi connectivity index (χ1v) is 4.34. The van der Waals surface area contributed by atoms with Gasteiger partial charge in [-0.25, -0.2) is 0 Å². The van der Waals surface area contributed by atoms with E-state index in [4.69, 9.17) is 5.73 Å². The van der Waals surface area contributed by atoms with Crippen LogP contribution in [0.15, 0.2) is 6.20 Å². The summed E-state index contributed by atoms with van der Waals surface area (Å²) in [5.41, 5.74) is 8.11. The van der Waals surface area contributed by atoms with Gasteiger partial charge in [0.15, 0.2) is 0 Å². The zero-order valence-electron chi connectivity index (χ0n) is 8.04. The summed E-state index contributed by atoms with van der Waals surface area (Å²) in [7, 11) is 1.95. The highest BCUT2D eigenvalue weighted by atomic mass is 15.2. The first-order valence-electron chi connectivity index (χ1n) is 4.34. The summed E-state index contributed by atoms with van der Waals surface area (Å²) < 4.78 is 1.85. The molecular weight excluding hydrogens is 150 g/mol. The Morgan fingerprint density at radius 1 is 1.67 bits per heavy atom. The van der Waals surface area contributed by atoms with Gasteiger partial charge in [-0.1, -0.05) is 0 Å². The number of aryl methyl sites for hydroxylation is 3. The third kappa shape index (κ3) is 2.34. The quantitative estimate of drug-likeness (QED) is 0.730. The van der Waals surface area contributed by atoms with Crippen LogP contribution >= 0.6 is 0 Å². The van der Waals surface area contributed by atoms with Gasteiger partial charge in [-0.3, -0.25) is 4.68 Å². The lowest BCUT2D eigenvalue weighted by molar-refractivity contribution is 0.664. The van der Waals surface area contributed by atoms with Gasteiger partial charge in [0.25, 0.3) is 0 Å². The third-order valence-corrected chi connectivity index (χ3v) is 1.98. The van der Waals surface area contributed by atoms with Gasteiger partial charge in [0.1, 0.15) is 0 Å². The van der Waals surface area contributed by atoms with E-state index in [9.17, 15) is 0 Å². The van der Waals surface area contributed by atoms with Crippen molar-refractivity contribution in [3.8, 4) is 0 Å². The molecule has 3 nitrogen and oxygen atoms in total. The van der Waals surface area contributed by atoms with Gasteiger partial charge in [-0.15, -0.1) is 0 Å². The van der Waals surface area contributed by atoms with Crippen molar-refractivity contribution in [1.29, 1.82) is 0 Å². The SMILES string of the molecule is Cc1nn(C)cc1CC[C@@H](C)N. The van der Waals surface area contributed by atoms with Crippen molar-refractivity contribution in [2.75, 3.05) is 0 Å². The molecule has 68 valence electrons. The van der Waals surface area contributed by atoms with Crippen molar-refractivity contribution < 1.29 is 0 Å². The molecule has 1 aromatic heterocycles. The predicted molar refractivity (Wildman–Crippen MR) is 49.9 cm³/mol. The van der Waals surface area contributed by atoms with E-state index in [1.54, 1.807) is 0 Å². The van der Waals surface area contributed by atoms with Gasteiger partial charge >= 0.3 is 0 Å². The topological polar surface area (TPSA) is 43.8 Å². The number of hydrogen-bond donors (Lipinski definition) is 1. The summed E-state index contributed by atoms with van der Waals surface area (Å²) in [6, 6.07) is 0.282. The van der Waals surface area contributed by atoms with E-state index in [0.29, 0.717) is 0 Å². The van der Waals surface area contributed by atoms with Gasteiger partial charge in [0.2, 0.25) is 0 Å². The Kier molecular flexibility index (Phi) is 2.87. The summed E-state index contributed by atoms with van der Waals surface area (Å²) in [6.07, 6.45) is 4.14. The normalized spacial score (nSPS) is 13.3. The second kappa shape index (κ2) is 3.72. The highest BCUT2D eigenvalue weighted by Gasteiger charge is 2.03. The molecule has 1 atom stereocenters. The number of aromatic nitrogens is 2. The first-order chi connectivity index (χ1) is 5.59. The average Bonchev–Trinajstić information content (AvgIpc) is 2.26. The minimum Gasteiger partial charge on any atom is -0.328 e. The molecular formula is C9H17N3. The molecule has 0 saturated heterocycles. The zero-order valence-corrected chi connectivity index (χ0v) is 8.04. The molecule has 0 aliphatic carbocycles. The van der Waals surface area contributed by atoms with Crippen molar-refractivity contribution in [1.82, 2.24) is 9.78 Å². The van der Waals surface area contributed by atoms with Crippen LogP contribution in [-0.2, 0) is 13.5 Å². The van der Waals surface area contributed by atoms with E-state index < -0.39 is 0 Å². The van der Waals surface area contributed by atoms with Gasteiger partial charge in [-0.05, 0) is 32.3 Å². The fourth-order valence-electron chi connectivity index (χ4n) is 1.28. The molecule has 0 aliphatic rings. The zero-order chi connectivity index (χ0) is 9.14. The molecule has 0 amide bonds. The molecule has 0 aromatic carbocycles. The van der Waals surface area contributed by atoms with Crippen LogP contribution in [0.5, 0.6) is 0 Å². The summed E-state index contributed by atoms with van der Waals surface area (Å²) in [5, 5.41) is 4.26. The lowest BCUT2D eigenvalue weighted by Gasteiger charge is -2.02. The van der Waals surface area contributed by atoms with Crippen LogP contribution in [0.4, 0.5) is 0 Å². The van der Waals surface area contributed by atoms with E-state index in [2.05, 4.69) is 11.3 Å². The Bertz CT molecular complexity index is 250. The third-order valence-electron chi connectivity index (χ3n) is 1.98. The maximum absolute atomic E-state index is 5.67. The van der Waals surface area contributed by atoms with Crippen molar-refractivity contribution in [3.05, 3.63) is 17.5 Å². The Morgan fingerprint density at radius 2 is 2.33 bits per heavy atom. The highest BCUT2D eigenvalue weighted by molar-refractivity contribution is 5.15. The van der Waals surface area contributed by atoms with Gasteiger partial charge in [0, 0.05) is 19.3 Å². The standard InChI is InChI=1S/C9H17N3/c1-7(10)4-5-9-6-12(3)11-8(9)2/h6-7H,4-5,10H2,1-3H3/t7-/m1/s1. The molecule has 0 radical (unpaired) electrons. The smallest absolute Gasteiger partial charge is 0.0625 e. The summed E-state index contributed by atoms with van der Waals surface area (Å²) in [5.74, 6) is 0. The van der Waals surface area contributed by atoms with E-state index in [-0.39, 0.29) is 6.04 Å². The second-order valence-corrected chi connectivity index (χ2v) is 3.43. The first kappa shape index (κ1) is 9.26. The molecule has 3 heteroatoms. The Morgan fingerprint density at radius 3 is 2.75 bits per heavy atom. The van der Waals surface area contributed by atoms with Gasteiger partial charge < -0.3 is 5.73 Å². The molecule has 0 bridgehead atoms. The van der Waals surface area contributed by atoms with Crippen molar-refractivity contribution in [2.24, 2.45) is 12.8 Å². The molecule has 0 spiro atoms. The lowest BCUT2D eigenvalue weighted by atomic mass is 10.1. The van der Waals surface area contributed by atoms with Crippen LogP contribution in [0.2, 0.25) is 0 Å². The van der Waals surface area contributed by atoms with E-state index in [1.165, 1.54) is 5.56 Å². The van der Waals surface area contributed by atoms with Crippen LogP contribution in [-0.4, -0.2) is 15.8 Å². The molecule has 1 heterocycles. The second-order valence-electron chi connectivity index (χ2n) is 3.43. The van der Waals surface area contributed by atoms with Crippen LogP contribution in [0.1, 0.15) is 24.6 Å². The monoisotopic (exact) mass is 167 g/mol. The summed E-state index contributed by atoms with van der Waals surface area (Å²) >= 11 is 0. The predicted octanol–water partition coefficient (Wildman–Crippen LogP) is 1.01. The van der Waals surface area contributed by atoms with Crippen molar-refractivity contribution >= 4 is 0 Å². The minimum atomic E-state index is 0.282. The highest BCUT2D eigenvalue weighted by Crippen LogP contribution is 2.08. The molecule has 1 aromatic rings. The molecule has 0 aliphatic heterocycles. The molecule has 1 rings (SSSR count). The molecule has 2 N–H and O–H groups in total. The van der Waals surface area contributed by atoms with E-state index in [0.717, 1.165) is 18.5 Å². The summed E-state index contributed by atoms with van der Waals surface area (Å²) in [6.45, 7) is 4.07. The average molecular weight is 167 g/mol. The molecule has 0 fully saturated rings. The van der Waals surface area contributed by atoms with Gasteiger partial charge in [0.05, 0.1) is 5.69 Å². The van der Waals surface area contributed by atoms with Crippen LogP contribution < -0.4 is 5.73 Å². The number of hydrogen-bond acceptors (Lipinski definition) is 2. The largest absolute Gasteiger partial charge is 0.328 e. The van der Waals surface area contributed by atoms with E-state index >= 15 is 0 Å². The summed E-state index contributed by atoms with van der Waals surface area (Å²) in [4.78, 5) is 0. The number of rotatable bonds is 3. The Hall–Kier alpha value is -0.830. The van der Waals surface area contributed by atoms with E-state index in [1.807, 2.05) is 25.6 Å². The molecule has 12 heavy (non-hydrogen) atoms. The van der Waals surface area contributed by atoms with Crippen LogP contribution in [0.25, 0.3) is 0 Å². The van der Waals surface area contributed by atoms with Gasteiger partial charge in [-0.2, -0.15) is 5.10 Å². The van der Waals surface area contributed by atoms with Crippen molar-refractivity contribution in [3.63, 3.8) is 0 Å². The molecule has 0 saturated carbocycles. The maximum Gasteiger partial charge on any atom is 0.0625 e. The Balaban J connectivity index is 2.57. The molecule has 0 unspecified atom stereocenters. The van der Waals surface area contributed by atoms with Crippen molar-refractivity contribution in [2.45, 2.75) is 32.7 Å².